The zero-order valence-electron chi connectivity index (χ0n) is 15.4. The Labute approximate surface area is 171 Å². The van der Waals surface area contributed by atoms with Crippen LogP contribution in [0.2, 0.25) is 0 Å². The molecule has 0 aliphatic heterocycles. The summed E-state index contributed by atoms with van der Waals surface area (Å²) in [5, 5.41) is 8.27. The number of benzene rings is 2. The van der Waals surface area contributed by atoms with Gasteiger partial charge in [-0.1, -0.05) is 36.4 Å². The number of amides is 3. The van der Waals surface area contributed by atoms with Gasteiger partial charge in [-0.2, -0.15) is 0 Å². The molecule has 0 aliphatic carbocycles. The van der Waals surface area contributed by atoms with Gasteiger partial charge in [0.2, 0.25) is 0 Å². The number of primary amides is 1. The van der Waals surface area contributed by atoms with Crippen molar-refractivity contribution in [3.63, 3.8) is 0 Å². The average molecular weight is 402 g/mol. The van der Waals surface area contributed by atoms with Gasteiger partial charge < -0.3 is 16.4 Å². The van der Waals surface area contributed by atoms with Gasteiger partial charge in [-0.15, -0.1) is 11.3 Å². The van der Waals surface area contributed by atoms with Crippen molar-refractivity contribution in [3.05, 3.63) is 83.2 Å². The summed E-state index contributed by atoms with van der Waals surface area (Å²) in [4.78, 5) is 29.6. The quantitative estimate of drug-likeness (QED) is 0.462. The summed E-state index contributed by atoms with van der Waals surface area (Å²) in [6, 6.07) is 19.9. The lowest BCUT2D eigenvalue weighted by atomic mass is 10.1. The maximum absolute atomic E-state index is 13.0. The van der Waals surface area contributed by atoms with Crippen LogP contribution in [0.15, 0.2) is 72.1 Å². The van der Waals surface area contributed by atoms with Gasteiger partial charge in [0.05, 0.1) is 21.7 Å². The highest BCUT2D eigenvalue weighted by Gasteiger charge is 2.14. The van der Waals surface area contributed by atoms with E-state index in [2.05, 4.69) is 10.6 Å². The number of hydrogen-bond acceptors (Lipinski definition) is 4. The number of pyridine rings is 1. The first-order valence-corrected chi connectivity index (χ1v) is 9.85. The maximum Gasteiger partial charge on any atom is 0.316 e. The number of nitrogens with zero attached hydrogens (tertiary/aromatic N) is 1. The summed E-state index contributed by atoms with van der Waals surface area (Å²) in [7, 11) is 0. The summed E-state index contributed by atoms with van der Waals surface area (Å²) >= 11 is 1.59. The second-order valence-electron chi connectivity index (χ2n) is 6.42. The predicted octanol–water partition coefficient (Wildman–Crippen LogP) is 4.38. The van der Waals surface area contributed by atoms with Gasteiger partial charge in [-0.25, -0.2) is 9.78 Å². The van der Waals surface area contributed by atoms with Gasteiger partial charge in [0.1, 0.15) is 0 Å². The fourth-order valence-electron chi connectivity index (χ4n) is 3.04. The van der Waals surface area contributed by atoms with Crippen molar-refractivity contribution in [3.8, 4) is 10.6 Å². The van der Waals surface area contributed by atoms with Crippen molar-refractivity contribution in [2.75, 3.05) is 5.32 Å². The SMILES string of the molecule is NC(=O)Nc1ccc(CNC(=O)c2cc(-c3cccs3)nc3ccccc23)cc1. The number of rotatable bonds is 5. The molecule has 0 spiro atoms. The number of carbonyl (C=O) groups excluding carboxylic acids is 2. The molecule has 0 atom stereocenters. The fraction of sp³-hybridized carbons (Fsp3) is 0.0455. The molecular formula is C22H18N4O2S. The van der Waals surface area contributed by atoms with Crippen LogP contribution in [0.1, 0.15) is 15.9 Å². The lowest BCUT2D eigenvalue weighted by Crippen LogP contribution is -2.23. The zero-order valence-corrected chi connectivity index (χ0v) is 16.2. The van der Waals surface area contributed by atoms with E-state index in [9.17, 15) is 9.59 Å². The van der Waals surface area contributed by atoms with Crippen molar-refractivity contribution >= 4 is 39.9 Å². The van der Waals surface area contributed by atoms with E-state index in [0.29, 0.717) is 17.8 Å². The second kappa shape index (κ2) is 8.12. The van der Waals surface area contributed by atoms with E-state index in [-0.39, 0.29) is 5.91 Å². The Morgan fingerprint density at radius 2 is 1.79 bits per heavy atom. The Morgan fingerprint density at radius 3 is 2.52 bits per heavy atom. The third kappa shape index (κ3) is 4.25. The molecule has 3 amide bonds. The summed E-state index contributed by atoms with van der Waals surface area (Å²) in [6.07, 6.45) is 0. The normalized spacial score (nSPS) is 10.6. The highest BCUT2D eigenvalue weighted by Crippen LogP contribution is 2.27. The average Bonchev–Trinajstić information content (AvgIpc) is 3.27. The minimum atomic E-state index is -0.614. The van der Waals surface area contributed by atoms with Crippen LogP contribution in [0.4, 0.5) is 10.5 Å². The number of urea groups is 1. The van der Waals surface area contributed by atoms with Crippen molar-refractivity contribution < 1.29 is 9.59 Å². The standard InChI is InChI=1S/C22H18N4O2S/c23-22(28)25-15-9-7-14(8-10-15)13-24-21(27)17-12-19(20-6-3-11-29-20)26-18-5-2-1-4-16(17)18/h1-12H,13H2,(H,24,27)(H3,23,25,28). The monoisotopic (exact) mass is 402 g/mol. The van der Waals surface area contributed by atoms with Crippen LogP contribution in [0, 0.1) is 0 Å². The zero-order chi connectivity index (χ0) is 20.2. The smallest absolute Gasteiger partial charge is 0.316 e. The Balaban J connectivity index is 1.57. The molecule has 0 fully saturated rings. The molecular weight excluding hydrogens is 384 g/mol. The largest absolute Gasteiger partial charge is 0.351 e. The molecule has 4 rings (SSSR count). The van der Waals surface area contributed by atoms with Crippen LogP contribution in [0.5, 0.6) is 0 Å². The van der Waals surface area contributed by atoms with Gasteiger partial charge in [-0.05, 0) is 41.3 Å². The fourth-order valence-corrected chi connectivity index (χ4v) is 3.73. The summed E-state index contributed by atoms with van der Waals surface area (Å²) in [5.74, 6) is -0.166. The van der Waals surface area contributed by atoms with Gasteiger partial charge >= 0.3 is 6.03 Å². The summed E-state index contributed by atoms with van der Waals surface area (Å²) < 4.78 is 0. The number of nitrogens with one attached hydrogen (secondary N) is 2. The number of hydrogen-bond donors (Lipinski definition) is 3. The Kier molecular flexibility index (Phi) is 5.22. The van der Waals surface area contributed by atoms with Gasteiger partial charge in [0, 0.05) is 17.6 Å². The van der Waals surface area contributed by atoms with E-state index < -0.39 is 6.03 Å². The highest BCUT2D eigenvalue weighted by molar-refractivity contribution is 7.13. The molecule has 0 saturated heterocycles. The highest BCUT2D eigenvalue weighted by atomic mass is 32.1. The van der Waals surface area contributed by atoms with Crippen LogP contribution in [0.25, 0.3) is 21.5 Å². The maximum atomic E-state index is 13.0. The topological polar surface area (TPSA) is 97.1 Å². The van der Waals surface area contributed by atoms with Crippen molar-refractivity contribution in [1.29, 1.82) is 0 Å². The van der Waals surface area contributed by atoms with E-state index in [1.165, 1.54) is 0 Å². The minimum absolute atomic E-state index is 0.166. The number of para-hydroxylation sites is 1. The van der Waals surface area contributed by atoms with Crippen LogP contribution in [0.3, 0.4) is 0 Å². The first-order valence-electron chi connectivity index (χ1n) is 8.97. The summed E-state index contributed by atoms with van der Waals surface area (Å²) in [5.41, 5.74) is 8.77. The number of carbonyl (C=O) groups is 2. The predicted molar refractivity (Wildman–Crippen MR) is 116 cm³/mol. The molecule has 6 nitrogen and oxygen atoms in total. The molecule has 4 aromatic rings. The van der Waals surface area contributed by atoms with Crippen LogP contribution in [-0.4, -0.2) is 16.9 Å². The molecule has 2 heterocycles. The van der Waals surface area contributed by atoms with Crippen molar-refractivity contribution in [2.45, 2.75) is 6.54 Å². The molecule has 0 unspecified atom stereocenters. The van der Waals surface area contributed by atoms with E-state index in [0.717, 1.165) is 27.0 Å². The first kappa shape index (κ1) is 18.6. The van der Waals surface area contributed by atoms with Crippen LogP contribution in [-0.2, 0) is 6.54 Å². The molecule has 7 heteroatoms. The van der Waals surface area contributed by atoms with Gasteiger partial charge in [-0.3, -0.25) is 4.79 Å². The Hall–Kier alpha value is -3.71. The molecule has 2 aromatic carbocycles. The number of anilines is 1. The third-order valence-corrected chi connectivity index (χ3v) is 5.30. The first-order chi connectivity index (χ1) is 14.1. The lowest BCUT2D eigenvalue weighted by Gasteiger charge is -2.10. The number of fused-ring (bicyclic) bond motifs is 1. The van der Waals surface area contributed by atoms with E-state index in [4.69, 9.17) is 10.7 Å². The minimum Gasteiger partial charge on any atom is -0.351 e. The molecule has 2 aromatic heterocycles. The molecule has 0 radical (unpaired) electrons. The Morgan fingerprint density at radius 1 is 1.00 bits per heavy atom. The van der Waals surface area contributed by atoms with Crippen LogP contribution < -0.4 is 16.4 Å². The second-order valence-corrected chi connectivity index (χ2v) is 7.37. The molecule has 4 N–H and O–H groups in total. The summed E-state index contributed by atoms with van der Waals surface area (Å²) in [6.45, 7) is 0.362. The number of aromatic nitrogens is 1. The molecule has 144 valence electrons. The van der Waals surface area contributed by atoms with Gasteiger partial charge in [0.25, 0.3) is 5.91 Å². The molecule has 29 heavy (non-hydrogen) atoms. The number of thiophene rings is 1. The molecule has 0 saturated carbocycles. The van der Waals surface area contributed by atoms with E-state index in [1.807, 2.05) is 60.0 Å². The number of nitrogens with two attached hydrogens (primary N) is 1. The van der Waals surface area contributed by atoms with Crippen molar-refractivity contribution in [2.24, 2.45) is 5.73 Å². The third-order valence-electron chi connectivity index (χ3n) is 4.41. The van der Waals surface area contributed by atoms with Crippen LogP contribution >= 0.6 is 11.3 Å². The van der Waals surface area contributed by atoms with Crippen molar-refractivity contribution in [1.82, 2.24) is 10.3 Å². The molecule has 0 bridgehead atoms. The van der Waals surface area contributed by atoms with Gasteiger partial charge in [0.15, 0.2) is 0 Å². The molecule has 0 aliphatic rings. The van der Waals surface area contributed by atoms with E-state index >= 15 is 0 Å². The van der Waals surface area contributed by atoms with E-state index in [1.54, 1.807) is 23.5 Å². The lowest BCUT2D eigenvalue weighted by molar-refractivity contribution is 0.0952. The Bertz CT molecular complexity index is 1170.